The number of hydrogen-bond acceptors (Lipinski definition) is 2. The van der Waals surface area contributed by atoms with E-state index in [0.29, 0.717) is 11.5 Å². The molecule has 1 saturated carbocycles. The maximum absolute atomic E-state index is 12.0. The second-order valence-electron chi connectivity index (χ2n) is 5.05. The zero-order valence-corrected chi connectivity index (χ0v) is 11.7. The quantitative estimate of drug-likeness (QED) is 0.807. The molecule has 1 amide bonds. The van der Waals surface area contributed by atoms with Gasteiger partial charge in [-0.2, -0.15) is 0 Å². The zero-order valence-electron chi connectivity index (χ0n) is 11.7. The van der Waals surface area contributed by atoms with Crippen LogP contribution in [-0.2, 0) is 0 Å². The molecule has 3 heteroatoms. The Morgan fingerprint density at radius 3 is 2.55 bits per heavy atom. The van der Waals surface area contributed by atoms with Gasteiger partial charge in [0.05, 0.1) is 0 Å². The molecular weight excluding hydrogens is 248 g/mol. The van der Waals surface area contributed by atoms with Gasteiger partial charge >= 0.3 is 0 Å². The number of carbonyl (C=O) groups is 1. The van der Waals surface area contributed by atoms with Gasteiger partial charge in [0, 0.05) is 23.2 Å². The van der Waals surface area contributed by atoms with E-state index in [1.54, 1.807) is 6.08 Å². The number of hydrogen-bond donors (Lipinski definition) is 2. The highest BCUT2D eigenvalue weighted by Crippen LogP contribution is 2.38. The van der Waals surface area contributed by atoms with Gasteiger partial charge in [0.1, 0.15) is 0 Å². The smallest absolute Gasteiger partial charge is 0.255 e. The number of carbonyl (C=O) groups excluding carboxylic acids is 1. The third-order valence-electron chi connectivity index (χ3n) is 3.34. The molecule has 3 nitrogen and oxygen atoms in total. The van der Waals surface area contributed by atoms with Gasteiger partial charge in [-0.25, -0.2) is 0 Å². The van der Waals surface area contributed by atoms with E-state index in [9.17, 15) is 4.79 Å². The number of allylic oxidation sites excluding steroid dienone is 5. The van der Waals surface area contributed by atoms with Crippen molar-refractivity contribution in [3.05, 3.63) is 72.0 Å². The topological polar surface area (TPSA) is 55.1 Å². The molecule has 2 rings (SSSR count). The van der Waals surface area contributed by atoms with Crippen LogP contribution in [0.3, 0.4) is 0 Å². The first kappa shape index (κ1) is 14.3. The Bertz CT molecular complexity index is 555. The van der Waals surface area contributed by atoms with Crippen LogP contribution in [0.2, 0.25) is 0 Å². The number of nitrogens with one attached hydrogen (secondary N) is 1. The number of benzene rings is 1. The maximum Gasteiger partial charge on any atom is 0.255 e. The second-order valence-corrected chi connectivity index (χ2v) is 5.05. The summed E-state index contributed by atoms with van der Waals surface area (Å²) in [5, 5.41) is 2.84. The summed E-state index contributed by atoms with van der Waals surface area (Å²) in [5.41, 5.74) is 8.49. The van der Waals surface area contributed by atoms with Crippen molar-refractivity contribution in [1.29, 1.82) is 0 Å². The lowest BCUT2D eigenvalue weighted by molar-refractivity contribution is 0.0966. The SMILES string of the molecule is C=C/C=C\C=C(/C)NC(=O)c1ccc(C2CC2N)cc1. The summed E-state index contributed by atoms with van der Waals surface area (Å²) < 4.78 is 0. The Labute approximate surface area is 119 Å². The Balaban J connectivity index is 1.97. The highest BCUT2D eigenvalue weighted by Gasteiger charge is 2.34. The third-order valence-corrected chi connectivity index (χ3v) is 3.34. The van der Waals surface area contributed by atoms with Crippen LogP contribution in [-0.4, -0.2) is 11.9 Å². The summed E-state index contributed by atoms with van der Waals surface area (Å²) in [6.45, 7) is 5.44. The second kappa shape index (κ2) is 6.35. The van der Waals surface area contributed by atoms with Crippen molar-refractivity contribution in [2.75, 3.05) is 0 Å². The van der Waals surface area contributed by atoms with Crippen LogP contribution >= 0.6 is 0 Å². The maximum atomic E-state index is 12.0. The molecule has 1 aliphatic rings. The van der Waals surface area contributed by atoms with E-state index in [1.807, 2.05) is 49.4 Å². The van der Waals surface area contributed by atoms with Crippen molar-refractivity contribution < 1.29 is 4.79 Å². The van der Waals surface area contributed by atoms with Crippen molar-refractivity contribution in [3.8, 4) is 0 Å². The molecule has 0 spiro atoms. The van der Waals surface area contributed by atoms with Crippen molar-refractivity contribution in [3.63, 3.8) is 0 Å². The molecular formula is C17H20N2O. The molecule has 2 atom stereocenters. The largest absolute Gasteiger partial charge is 0.327 e. The monoisotopic (exact) mass is 268 g/mol. The minimum Gasteiger partial charge on any atom is -0.327 e. The Kier molecular flexibility index (Phi) is 4.53. The standard InChI is InChI=1S/C17H20N2O/c1-3-4-5-6-12(2)19-17(20)14-9-7-13(8-10-14)15-11-16(15)18/h3-10,15-16H,1,11,18H2,2H3,(H,19,20)/b5-4-,12-6+. The average molecular weight is 268 g/mol. The molecule has 0 aromatic heterocycles. The molecule has 0 bridgehead atoms. The lowest BCUT2D eigenvalue weighted by Crippen LogP contribution is -2.21. The van der Waals surface area contributed by atoms with Crippen LogP contribution < -0.4 is 11.1 Å². The first-order chi connectivity index (χ1) is 9.61. The van der Waals surface area contributed by atoms with Crippen molar-refractivity contribution in [1.82, 2.24) is 5.32 Å². The Hall–Kier alpha value is -2.13. The van der Waals surface area contributed by atoms with Gasteiger partial charge in [-0.05, 0) is 37.1 Å². The van der Waals surface area contributed by atoms with E-state index in [-0.39, 0.29) is 11.9 Å². The number of rotatable bonds is 5. The molecule has 3 N–H and O–H groups in total. The summed E-state index contributed by atoms with van der Waals surface area (Å²) in [5.74, 6) is 0.371. The normalized spacial score (nSPS) is 21.8. The van der Waals surface area contributed by atoms with E-state index in [1.165, 1.54) is 5.56 Å². The molecule has 104 valence electrons. The van der Waals surface area contributed by atoms with Gasteiger partial charge in [0.15, 0.2) is 0 Å². The minimum absolute atomic E-state index is 0.0996. The lowest BCUT2D eigenvalue weighted by atomic mass is 10.1. The van der Waals surface area contributed by atoms with Crippen molar-refractivity contribution in [2.45, 2.75) is 25.3 Å². The van der Waals surface area contributed by atoms with Crippen LogP contribution in [0, 0.1) is 0 Å². The lowest BCUT2D eigenvalue weighted by Gasteiger charge is -2.06. The molecule has 1 aliphatic carbocycles. The van der Waals surface area contributed by atoms with Crippen LogP contribution in [0.1, 0.15) is 35.2 Å². The summed E-state index contributed by atoms with van der Waals surface area (Å²) in [4.78, 5) is 12.0. The number of nitrogens with two attached hydrogens (primary N) is 1. The van der Waals surface area contributed by atoms with E-state index in [0.717, 1.165) is 12.1 Å². The van der Waals surface area contributed by atoms with E-state index in [2.05, 4.69) is 11.9 Å². The highest BCUT2D eigenvalue weighted by molar-refractivity contribution is 5.95. The molecule has 1 aromatic carbocycles. The van der Waals surface area contributed by atoms with Gasteiger partial charge in [0.25, 0.3) is 5.91 Å². The Morgan fingerprint density at radius 1 is 1.35 bits per heavy atom. The van der Waals surface area contributed by atoms with Gasteiger partial charge in [-0.3, -0.25) is 4.79 Å². The fourth-order valence-corrected chi connectivity index (χ4v) is 2.05. The molecule has 20 heavy (non-hydrogen) atoms. The molecule has 0 radical (unpaired) electrons. The summed E-state index contributed by atoms with van der Waals surface area (Å²) >= 11 is 0. The number of amides is 1. The van der Waals surface area contributed by atoms with E-state index >= 15 is 0 Å². The van der Waals surface area contributed by atoms with Gasteiger partial charge in [-0.15, -0.1) is 0 Å². The molecule has 0 aliphatic heterocycles. The van der Waals surface area contributed by atoms with Gasteiger partial charge in [-0.1, -0.05) is 36.9 Å². The van der Waals surface area contributed by atoms with Crippen LogP contribution in [0.25, 0.3) is 0 Å². The summed E-state index contributed by atoms with van der Waals surface area (Å²) in [7, 11) is 0. The van der Waals surface area contributed by atoms with Gasteiger partial charge < -0.3 is 11.1 Å². The fraction of sp³-hybridized carbons (Fsp3) is 0.235. The van der Waals surface area contributed by atoms with E-state index in [4.69, 9.17) is 5.73 Å². The summed E-state index contributed by atoms with van der Waals surface area (Å²) in [6, 6.07) is 7.97. The highest BCUT2D eigenvalue weighted by atomic mass is 16.1. The van der Waals surface area contributed by atoms with Gasteiger partial charge in [0.2, 0.25) is 0 Å². The first-order valence-corrected chi connectivity index (χ1v) is 6.74. The summed E-state index contributed by atoms with van der Waals surface area (Å²) in [6.07, 6.45) is 8.20. The van der Waals surface area contributed by atoms with Crippen molar-refractivity contribution >= 4 is 5.91 Å². The van der Waals surface area contributed by atoms with Crippen molar-refractivity contribution in [2.24, 2.45) is 5.73 Å². The third kappa shape index (κ3) is 3.68. The molecule has 2 unspecified atom stereocenters. The Morgan fingerprint density at radius 2 is 2.00 bits per heavy atom. The van der Waals surface area contributed by atoms with E-state index < -0.39 is 0 Å². The fourth-order valence-electron chi connectivity index (χ4n) is 2.05. The molecule has 0 saturated heterocycles. The predicted molar refractivity (Wildman–Crippen MR) is 82.3 cm³/mol. The zero-order chi connectivity index (χ0) is 14.5. The average Bonchev–Trinajstić information content (AvgIpc) is 3.16. The van der Waals surface area contributed by atoms with Crippen LogP contribution in [0.15, 0.2) is 60.8 Å². The molecule has 1 fully saturated rings. The van der Waals surface area contributed by atoms with Crippen LogP contribution in [0.4, 0.5) is 0 Å². The first-order valence-electron chi connectivity index (χ1n) is 6.74. The minimum atomic E-state index is -0.0996. The molecule has 1 aromatic rings. The van der Waals surface area contributed by atoms with Crippen LogP contribution in [0.5, 0.6) is 0 Å². The molecule has 0 heterocycles. The predicted octanol–water partition coefficient (Wildman–Crippen LogP) is 2.88.